The molecular weight excluding hydrogens is 257 g/mol. The molecule has 2 aliphatic rings. The number of benzene rings is 1. The molecule has 0 atom stereocenters. The first-order chi connectivity index (χ1) is 8.62. The van der Waals surface area contributed by atoms with Crippen LogP contribution in [0.15, 0.2) is 6.07 Å². The lowest BCUT2D eigenvalue weighted by Crippen LogP contribution is -2.44. The lowest BCUT2D eigenvalue weighted by molar-refractivity contribution is 0.243. The third kappa shape index (κ3) is 1.75. The maximum absolute atomic E-state index is 14.3. The number of halogens is 2. The van der Waals surface area contributed by atoms with E-state index >= 15 is 0 Å². The second-order valence-electron chi connectivity index (χ2n) is 4.94. The molecule has 1 aromatic carbocycles. The van der Waals surface area contributed by atoms with Crippen LogP contribution in [0.5, 0.6) is 11.5 Å². The van der Waals surface area contributed by atoms with Gasteiger partial charge in [0.2, 0.25) is 0 Å². The first-order valence-corrected chi connectivity index (χ1v) is 6.56. The molecule has 0 amide bonds. The largest absolute Gasteiger partial charge is 0.489 e. The molecule has 1 saturated carbocycles. The summed E-state index contributed by atoms with van der Waals surface area (Å²) in [6.07, 6.45) is 3.33. The highest BCUT2D eigenvalue weighted by molar-refractivity contribution is 6.32. The van der Waals surface area contributed by atoms with E-state index in [4.69, 9.17) is 26.8 Å². The van der Waals surface area contributed by atoms with Gasteiger partial charge in [-0.3, -0.25) is 0 Å². The van der Waals surface area contributed by atoms with E-state index in [2.05, 4.69) is 0 Å². The maximum atomic E-state index is 14.3. The van der Waals surface area contributed by atoms with Gasteiger partial charge in [-0.25, -0.2) is 4.39 Å². The van der Waals surface area contributed by atoms with Crippen molar-refractivity contribution in [3.8, 4) is 11.5 Å². The van der Waals surface area contributed by atoms with E-state index in [1.807, 2.05) is 0 Å². The predicted octanol–water partition coefficient (Wildman–Crippen LogP) is 2.98. The normalized spacial score (nSPS) is 21.1. The number of nitrogens with two attached hydrogens (primary N) is 1. The van der Waals surface area contributed by atoms with Crippen LogP contribution in [0.25, 0.3) is 0 Å². The molecule has 1 heterocycles. The average molecular weight is 272 g/mol. The average Bonchev–Trinajstić information content (AvgIpc) is 2.56. The Kier molecular flexibility index (Phi) is 2.87. The summed E-state index contributed by atoms with van der Waals surface area (Å²) in [5, 5.41) is -0.0128. The molecule has 3 nitrogen and oxygen atoms in total. The van der Waals surface area contributed by atoms with E-state index < -0.39 is 11.4 Å². The van der Waals surface area contributed by atoms with E-state index in [0.29, 0.717) is 30.3 Å². The Labute approximate surface area is 110 Å². The second kappa shape index (κ2) is 4.28. The number of hydrogen-bond acceptors (Lipinski definition) is 3. The van der Waals surface area contributed by atoms with Gasteiger partial charge in [0, 0.05) is 17.5 Å². The SMILES string of the molecule is NC1(c2cc3c(c(Cl)c2F)OCCCO3)CCC1. The van der Waals surface area contributed by atoms with Crippen LogP contribution >= 0.6 is 11.6 Å². The summed E-state index contributed by atoms with van der Waals surface area (Å²) >= 11 is 6.04. The Morgan fingerprint density at radius 3 is 2.61 bits per heavy atom. The molecule has 1 fully saturated rings. The van der Waals surface area contributed by atoms with Gasteiger partial charge in [0.25, 0.3) is 0 Å². The van der Waals surface area contributed by atoms with E-state index in [9.17, 15) is 4.39 Å². The molecule has 0 bridgehead atoms. The summed E-state index contributed by atoms with van der Waals surface area (Å²) in [6, 6.07) is 1.65. The lowest BCUT2D eigenvalue weighted by atomic mass is 9.72. The Balaban J connectivity index is 2.11. The standard InChI is InChI=1S/C13H15ClFNO2/c14-10-11(15)8(13(16)3-1-4-13)7-9-12(10)18-6-2-5-17-9/h7H,1-6,16H2. The zero-order chi connectivity index (χ0) is 12.8. The Morgan fingerprint density at radius 1 is 1.22 bits per heavy atom. The zero-order valence-electron chi connectivity index (χ0n) is 9.97. The summed E-state index contributed by atoms with van der Waals surface area (Å²) in [5.41, 5.74) is 6.02. The number of ether oxygens (including phenoxy) is 2. The molecule has 18 heavy (non-hydrogen) atoms. The maximum Gasteiger partial charge on any atom is 0.182 e. The highest BCUT2D eigenvalue weighted by atomic mass is 35.5. The summed E-state index contributed by atoms with van der Waals surface area (Å²) in [7, 11) is 0. The van der Waals surface area contributed by atoms with Crippen LogP contribution in [0.1, 0.15) is 31.2 Å². The van der Waals surface area contributed by atoms with Gasteiger partial charge in [-0.2, -0.15) is 0 Å². The Morgan fingerprint density at radius 2 is 1.94 bits per heavy atom. The molecule has 0 unspecified atom stereocenters. The highest BCUT2D eigenvalue weighted by Crippen LogP contribution is 2.47. The molecule has 0 radical (unpaired) electrons. The predicted molar refractivity (Wildman–Crippen MR) is 66.7 cm³/mol. The molecular formula is C13H15ClFNO2. The molecule has 1 aliphatic heterocycles. The van der Waals surface area contributed by atoms with Crippen LogP contribution in [0.2, 0.25) is 5.02 Å². The van der Waals surface area contributed by atoms with Crippen molar-refractivity contribution in [3.05, 3.63) is 22.5 Å². The van der Waals surface area contributed by atoms with Crippen molar-refractivity contribution in [1.82, 2.24) is 0 Å². The van der Waals surface area contributed by atoms with Crippen LogP contribution in [-0.4, -0.2) is 13.2 Å². The molecule has 0 spiro atoms. The molecule has 2 N–H and O–H groups in total. The number of fused-ring (bicyclic) bond motifs is 1. The second-order valence-corrected chi connectivity index (χ2v) is 5.32. The first-order valence-electron chi connectivity index (χ1n) is 6.19. The van der Waals surface area contributed by atoms with Crippen molar-refractivity contribution in [3.63, 3.8) is 0 Å². The van der Waals surface area contributed by atoms with Crippen LogP contribution in [0, 0.1) is 5.82 Å². The number of rotatable bonds is 1. The summed E-state index contributed by atoms with van der Waals surface area (Å²) in [5.74, 6) is 0.340. The fraction of sp³-hybridized carbons (Fsp3) is 0.538. The highest BCUT2D eigenvalue weighted by Gasteiger charge is 2.39. The van der Waals surface area contributed by atoms with Crippen molar-refractivity contribution in [1.29, 1.82) is 0 Å². The van der Waals surface area contributed by atoms with Crippen molar-refractivity contribution in [2.75, 3.05) is 13.2 Å². The van der Waals surface area contributed by atoms with Crippen LogP contribution < -0.4 is 15.2 Å². The van der Waals surface area contributed by atoms with Crippen molar-refractivity contribution in [2.45, 2.75) is 31.2 Å². The quantitative estimate of drug-likeness (QED) is 0.854. The third-order valence-corrected chi connectivity index (χ3v) is 4.04. The summed E-state index contributed by atoms with van der Waals surface area (Å²) in [6.45, 7) is 1.03. The van der Waals surface area contributed by atoms with Crippen molar-refractivity contribution >= 4 is 11.6 Å². The Bertz CT molecular complexity index is 488. The van der Waals surface area contributed by atoms with Crippen molar-refractivity contribution < 1.29 is 13.9 Å². The van der Waals surface area contributed by atoms with Gasteiger partial charge in [-0.15, -0.1) is 0 Å². The molecule has 1 aliphatic carbocycles. The zero-order valence-corrected chi connectivity index (χ0v) is 10.7. The Hall–Kier alpha value is -1.00. The molecule has 0 saturated heterocycles. The minimum absolute atomic E-state index is 0.0128. The van der Waals surface area contributed by atoms with Crippen molar-refractivity contribution in [2.24, 2.45) is 5.73 Å². The molecule has 98 valence electrons. The molecule has 1 aromatic rings. The van der Waals surface area contributed by atoms with E-state index in [1.165, 1.54) is 0 Å². The van der Waals surface area contributed by atoms with Gasteiger partial charge in [-0.05, 0) is 25.3 Å². The first kappa shape index (κ1) is 12.1. The minimum atomic E-state index is -0.599. The van der Waals surface area contributed by atoms with E-state index in [0.717, 1.165) is 25.7 Å². The summed E-state index contributed by atoms with van der Waals surface area (Å²) in [4.78, 5) is 0. The number of hydrogen-bond donors (Lipinski definition) is 1. The van der Waals surface area contributed by atoms with Gasteiger partial charge in [0.15, 0.2) is 17.3 Å². The topological polar surface area (TPSA) is 44.5 Å². The minimum Gasteiger partial charge on any atom is -0.489 e. The van der Waals surface area contributed by atoms with Gasteiger partial charge in [0.1, 0.15) is 5.02 Å². The molecule has 3 rings (SSSR count). The summed E-state index contributed by atoms with van der Waals surface area (Å²) < 4.78 is 25.3. The molecule has 0 aromatic heterocycles. The van der Waals surface area contributed by atoms with Gasteiger partial charge < -0.3 is 15.2 Å². The lowest BCUT2D eigenvalue weighted by Gasteiger charge is -2.39. The van der Waals surface area contributed by atoms with Gasteiger partial charge in [0.05, 0.1) is 13.2 Å². The van der Waals surface area contributed by atoms with Gasteiger partial charge >= 0.3 is 0 Å². The van der Waals surface area contributed by atoms with E-state index in [-0.39, 0.29) is 5.02 Å². The van der Waals surface area contributed by atoms with E-state index in [1.54, 1.807) is 6.07 Å². The fourth-order valence-electron chi connectivity index (χ4n) is 2.43. The van der Waals surface area contributed by atoms with Gasteiger partial charge in [-0.1, -0.05) is 11.6 Å². The third-order valence-electron chi connectivity index (χ3n) is 3.70. The van der Waals surface area contributed by atoms with Crippen LogP contribution in [0.4, 0.5) is 4.39 Å². The molecule has 5 heteroatoms. The fourth-order valence-corrected chi connectivity index (χ4v) is 2.68. The smallest absolute Gasteiger partial charge is 0.182 e. The van der Waals surface area contributed by atoms with Crippen LogP contribution in [-0.2, 0) is 5.54 Å². The monoisotopic (exact) mass is 271 g/mol. The van der Waals surface area contributed by atoms with Crippen LogP contribution in [0.3, 0.4) is 0 Å².